The fourth-order valence-electron chi connectivity index (χ4n) is 4.71. The second-order valence-corrected chi connectivity index (χ2v) is 8.80. The average Bonchev–Trinajstić information content (AvgIpc) is 2.75. The number of hydrogen-bond acceptors (Lipinski definition) is 6. The lowest BCUT2D eigenvalue weighted by molar-refractivity contribution is -0.146. The summed E-state index contributed by atoms with van der Waals surface area (Å²) in [4.78, 5) is 29.6. The maximum Gasteiger partial charge on any atom is 0.302 e. The lowest BCUT2D eigenvalue weighted by Gasteiger charge is -2.42. The number of carbonyl (C=O) groups is 1. The van der Waals surface area contributed by atoms with Crippen molar-refractivity contribution in [3.05, 3.63) is 52.4 Å². The van der Waals surface area contributed by atoms with Gasteiger partial charge < -0.3 is 19.4 Å². The van der Waals surface area contributed by atoms with E-state index in [0.717, 1.165) is 16.7 Å². The Bertz CT molecular complexity index is 986. The number of ether oxygens (including phenoxy) is 2. The summed E-state index contributed by atoms with van der Waals surface area (Å²) in [7, 11) is 1.42. The molecule has 1 fully saturated rings. The molecule has 0 bridgehead atoms. The molecule has 1 N–H and O–H groups in total. The predicted octanol–water partition coefficient (Wildman–Crippen LogP) is 3.97. The molecule has 0 saturated carbocycles. The van der Waals surface area contributed by atoms with Crippen molar-refractivity contribution >= 4 is 5.97 Å². The molecule has 3 rings (SSSR count). The van der Waals surface area contributed by atoms with E-state index >= 15 is 0 Å². The molecule has 1 aromatic carbocycles. The van der Waals surface area contributed by atoms with E-state index in [2.05, 4.69) is 13.8 Å². The SMILES string of the molecule is COn1cc(-c2ccccc2)c(O)c([C@@H]2O[C@@H]([C@H](C)CCOC(C)=O)[C@@H](C)C[C@H]2C)c1=O. The lowest BCUT2D eigenvalue weighted by atomic mass is 9.79. The van der Waals surface area contributed by atoms with Gasteiger partial charge in [0.15, 0.2) is 0 Å². The van der Waals surface area contributed by atoms with Crippen LogP contribution in [0.5, 0.6) is 5.75 Å². The molecule has 0 unspecified atom stereocenters. The molecular weight excluding hydrogens is 410 g/mol. The average molecular weight is 444 g/mol. The van der Waals surface area contributed by atoms with Crippen molar-refractivity contribution < 1.29 is 24.2 Å². The Labute approximate surface area is 188 Å². The first-order valence-electron chi connectivity index (χ1n) is 11.1. The third-order valence-electron chi connectivity index (χ3n) is 6.32. The summed E-state index contributed by atoms with van der Waals surface area (Å²) in [6.45, 7) is 7.95. The van der Waals surface area contributed by atoms with Crippen molar-refractivity contribution in [2.75, 3.05) is 13.7 Å². The number of benzene rings is 1. The Morgan fingerprint density at radius 3 is 2.56 bits per heavy atom. The van der Waals surface area contributed by atoms with E-state index in [1.165, 1.54) is 20.2 Å². The highest BCUT2D eigenvalue weighted by Crippen LogP contribution is 2.44. The van der Waals surface area contributed by atoms with Crippen molar-refractivity contribution in [2.45, 2.75) is 52.7 Å². The van der Waals surface area contributed by atoms with Gasteiger partial charge in [-0.2, -0.15) is 4.73 Å². The maximum atomic E-state index is 13.2. The topological polar surface area (TPSA) is 87.0 Å². The zero-order valence-electron chi connectivity index (χ0n) is 19.4. The van der Waals surface area contributed by atoms with Gasteiger partial charge in [-0.1, -0.05) is 51.1 Å². The van der Waals surface area contributed by atoms with E-state index in [-0.39, 0.29) is 41.1 Å². The smallest absolute Gasteiger partial charge is 0.302 e. The Kier molecular flexibility index (Phi) is 7.61. The van der Waals surface area contributed by atoms with Gasteiger partial charge in [0.1, 0.15) is 12.9 Å². The van der Waals surface area contributed by atoms with Crippen LogP contribution in [0.4, 0.5) is 0 Å². The molecule has 7 heteroatoms. The van der Waals surface area contributed by atoms with E-state index in [0.29, 0.717) is 18.6 Å². The number of aromatic hydroxyl groups is 1. The molecular formula is C25H33NO6. The summed E-state index contributed by atoms with van der Waals surface area (Å²) >= 11 is 0. The molecule has 1 aromatic heterocycles. The summed E-state index contributed by atoms with van der Waals surface area (Å²) in [6, 6.07) is 9.38. The summed E-state index contributed by atoms with van der Waals surface area (Å²) in [5.74, 6) is 0.0225. The minimum absolute atomic E-state index is 0.0249. The number of pyridine rings is 1. The molecule has 7 nitrogen and oxygen atoms in total. The summed E-state index contributed by atoms with van der Waals surface area (Å²) < 4.78 is 12.7. The first kappa shape index (κ1) is 23.9. The molecule has 0 spiro atoms. The molecule has 0 amide bonds. The van der Waals surface area contributed by atoms with Gasteiger partial charge >= 0.3 is 5.97 Å². The number of aromatic nitrogens is 1. The van der Waals surface area contributed by atoms with Crippen molar-refractivity contribution in [1.82, 2.24) is 4.73 Å². The largest absolute Gasteiger partial charge is 0.507 e. The Balaban J connectivity index is 1.98. The van der Waals surface area contributed by atoms with Gasteiger partial charge in [-0.25, -0.2) is 0 Å². The van der Waals surface area contributed by atoms with Gasteiger partial charge in [-0.3, -0.25) is 9.59 Å². The summed E-state index contributed by atoms with van der Waals surface area (Å²) in [5.41, 5.74) is 1.07. The standard InChI is InChI=1S/C25H33NO6/c1-15(11-12-31-18(4)27)23-16(2)13-17(3)24(32-23)21-22(28)20(14-26(30-5)25(21)29)19-9-7-6-8-10-19/h6-10,14-17,23-24,28H,11-13H2,1-5H3/t15-,16+,17-,23+,24-/m1/s1. The monoisotopic (exact) mass is 443 g/mol. The molecule has 2 aromatic rings. The minimum Gasteiger partial charge on any atom is -0.507 e. The van der Waals surface area contributed by atoms with Crippen molar-refractivity contribution in [3.8, 4) is 16.9 Å². The fourth-order valence-corrected chi connectivity index (χ4v) is 4.71. The molecule has 5 atom stereocenters. The second kappa shape index (κ2) is 10.2. The lowest BCUT2D eigenvalue weighted by Crippen LogP contribution is -2.41. The molecule has 32 heavy (non-hydrogen) atoms. The van der Waals surface area contributed by atoms with Crippen LogP contribution in [-0.2, 0) is 14.3 Å². The predicted molar refractivity (Wildman–Crippen MR) is 121 cm³/mol. The molecule has 0 aliphatic carbocycles. The Hall–Kier alpha value is -2.80. The van der Waals surface area contributed by atoms with Gasteiger partial charge in [0.2, 0.25) is 0 Å². The van der Waals surface area contributed by atoms with Crippen LogP contribution < -0.4 is 10.4 Å². The van der Waals surface area contributed by atoms with Gasteiger partial charge in [0.25, 0.3) is 5.56 Å². The van der Waals surface area contributed by atoms with Crippen molar-refractivity contribution in [2.24, 2.45) is 17.8 Å². The van der Waals surface area contributed by atoms with Gasteiger partial charge in [-0.05, 0) is 36.2 Å². The van der Waals surface area contributed by atoms with E-state index in [4.69, 9.17) is 14.3 Å². The first-order valence-corrected chi connectivity index (χ1v) is 11.1. The zero-order chi connectivity index (χ0) is 23.4. The quantitative estimate of drug-likeness (QED) is 0.652. The van der Waals surface area contributed by atoms with Crippen LogP contribution in [0, 0.1) is 17.8 Å². The number of esters is 1. The molecule has 2 heterocycles. The van der Waals surface area contributed by atoms with Crippen LogP contribution in [0.15, 0.2) is 41.3 Å². The number of nitrogens with zero attached hydrogens (tertiary/aromatic N) is 1. The summed E-state index contributed by atoms with van der Waals surface area (Å²) in [5, 5.41) is 11.2. The van der Waals surface area contributed by atoms with Gasteiger partial charge in [-0.15, -0.1) is 0 Å². The molecule has 174 valence electrons. The van der Waals surface area contributed by atoms with Crippen LogP contribution in [0.1, 0.15) is 52.2 Å². The van der Waals surface area contributed by atoms with Crippen LogP contribution >= 0.6 is 0 Å². The molecule has 0 radical (unpaired) electrons. The van der Waals surface area contributed by atoms with Gasteiger partial charge in [0, 0.05) is 12.5 Å². The third-order valence-corrected chi connectivity index (χ3v) is 6.32. The van der Waals surface area contributed by atoms with Crippen molar-refractivity contribution in [3.63, 3.8) is 0 Å². The highest BCUT2D eigenvalue weighted by molar-refractivity contribution is 5.71. The first-order chi connectivity index (χ1) is 15.2. The highest BCUT2D eigenvalue weighted by Gasteiger charge is 2.40. The third kappa shape index (κ3) is 4.99. The fraction of sp³-hybridized carbons (Fsp3) is 0.520. The molecule has 1 aliphatic heterocycles. The van der Waals surface area contributed by atoms with Gasteiger partial charge in [0.05, 0.1) is 30.6 Å². The Morgan fingerprint density at radius 2 is 1.94 bits per heavy atom. The molecule has 1 aliphatic rings. The second-order valence-electron chi connectivity index (χ2n) is 8.80. The number of carbonyl (C=O) groups excluding carboxylic acids is 1. The van der Waals surface area contributed by atoms with E-state index < -0.39 is 11.7 Å². The van der Waals surface area contributed by atoms with Crippen LogP contribution in [0.3, 0.4) is 0 Å². The van der Waals surface area contributed by atoms with Crippen molar-refractivity contribution in [1.29, 1.82) is 0 Å². The zero-order valence-corrected chi connectivity index (χ0v) is 19.4. The maximum absolute atomic E-state index is 13.2. The number of hydrogen-bond donors (Lipinski definition) is 1. The number of rotatable bonds is 7. The van der Waals surface area contributed by atoms with Crippen LogP contribution in [-0.4, -0.2) is 35.6 Å². The normalized spacial score (nSPS) is 24.0. The van der Waals surface area contributed by atoms with E-state index in [1.54, 1.807) is 0 Å². The van der Waals surface area contributed by atoms with E-state index in [1.807, 2.05) is 37.3 Å². The molecule has 1 saturated heterocycles. The Morgan fingerprint density at radius 1 is 1.25 bits per heavy atom. The van der Waals surface area contributed by atoms with Crippen LogP contribution in [0.25, 0.3) is 11.1 Å². The minimum atomic E-state index is -0.579. The summed E-state index contributed by atoms with van der Waals surface area (Å²) in [6.07, 6.45) is 2.29. The highest BCUT2D eigenvalue weighted by atomic mass is 16.6. The van der Waals surface area contributed by atoms with E-state index in [9.17, 15) is 14.7 Å². The van der Waals surface area contributed by atoms with Crippen LogP contribution in [0.2, 0.25) is 0 Å².